The Balaban J connectivity index is 2.84. The largest absolute Gasteiger partial charge is 0.444 e. The van der Waals surface area contributed by atoms with Crippen molar-refractivity contribution >= 4 is 11.9 Å². The standard InChI is InChI=1S/C15H21F2N3O3/c1-5-22-20-13(18)9-6-11(16)10(12(17)7-9)8-19-14(21)23-15(2,3)4/h6-7H,5,8H2,1-4H3,(H2,18,20)(H,19,21). The van der Waals surface area contributed by atoms with Crippen molar-refractivity contribution in [3.8, 4) is 0 Å². The van der Waals surface area contributed by atoms with Crippen LogP contribution in [0, 0.1) is 11.6 Å². The third kappa shape index (κ3) is 6.09. The van der Waals surface area contributed by atoms with E-state index >= 15 is 0 Å². The van der Waals surface area contributed by atoms with Crippen LogP contribution in [-0.4, -0.2) is 24.1 Å². The van der Waals surface area contributed by atoms with Gasteiger partial charge in [0, 0.05) is 11.1 Å². The van der Waals surface area contributed by atoms with Crippen molar-refractivity contribution in [3.63, 3.8) is 0 Å². The Labute approximate surface area is 133 Å². The molecule has 1 rings (SSSR count). The molecule has 0 heterocycles. The van der Waals surface area contributed by atoms with Crippen molar-refractivity contribution in [2.75, 3.05) is 6.61 Å². The lowest BCUT2D eigenvalue weighted by Crippen LogP contribution is -2.32. The Bertz CT molecular complexity index is 575. The van der Waals surface area contributed by atoms with E-state index in [-0.39, 0.29) is 30.1 Å². The number of hydrogen-bond acceptors (Lipinski definition) is 4. The molecule has 0 saturated heterocycles. The Kier molecular flexibility index (Phi) is 6.29. The van der Waals surface area contributed by atoms with Crippen molar-refractivity contribution < 1.29 is 23.1 Å². The van der Waals surface area contributed by atoms with Gasteiger partial charge in [-0.05, 0) is 39.8 Å². The topological polar surface area (TPSA) is 85.9 Å². The highest BCUT2D eigenvalue weighted by molar-refractivity contribution is 5.97. The SMILES string of the molecule is CCO/N=C(/N)c1cc(F)c(CNC(=O)OC(C)(C)C)c(F)c1. The van der Waals surface area contributed by atoms with E-state index in [2.05, 4.69) is 10.5 Å². The van der Waals surface area contributed by atoms with Crippen LogP contribution in [-0.2, 0) is 16.1 Å². The first-order valence-corrected chi connectivity index (χ1v) is 7.04. The van der Waals surface area contributed by atoms with Crippen LogP contribution in [0.1, 0.15) is 38.8 Å². The van der Waals surface area contributed by atoms with Gasteiger partial charge in [0.05, 0.1) is 6.54 Å². The Morgan fingerprint density at radius 3 is 2.35 bits per heavy atom. The summed E-state index contributed by atoms with van der Waals surface area (Å²) in [6.45, 7) is 6.68. The Morgan fingerprint density at radius 2 is 1.87 bits per heavy atom. The molecule has 0 aliphatic carbocycles. The van der Waals surface area contributed by atoms with Crippen molar-refractivity contribution in [2.24, 2.45) is 10.9 Å². The van der Waals surface area contributed by atoms with Gasteiger partial charge in [0.25, 0.3) is 0 Å². The van der Waals surface area contributed by atoms with Gasteiger partial charge < -0.3 is 20.6 Å². The number of nitrogens with two attached hydrogens (primary N) is 1. The molecule has 1 aromatic rings. The molecule has 1 aromatic carbocycles. The third-order valence-corrected chi connectivity index (χ3v) is 2.54. The number of rotatable bonds is 5. The van der Waals surface area contributed by atoms with Crippen LogP contribution in [0.4, 0.5) is 13.6 Å². The van der Waals surface area contributed by atoms with Gasteiger partial charge >= 0.3 is 6.09 Å². The summed E-state index contributed by atoms with van der Waals surface area (Å²) >= 11 is 0. The summed E-state index contributed by atoms with van der Waals surface area (Å²) < 4.78 is 33.0. The van der Waals surface area contributed by atoms with Crippen LogP contribution in [0.15, 0.2) is 17.3 Å². The zero-order chi connectivity index (χ0) is 17.6. The first-order valence-electron chi connectivity index (χ1n) is 7.04. The Morgan fingerprint density at radius 1 is 1.30 bits per heavy atom. The number of halogens is 2. The monoisotopic (exact) mass is 329 g/mol. The molecule has 0 spiro atoms. The molecule has 23 heavy (non-hydrogen) atoms. The fraction of sp³-hybridized carbons (Fsp3) is 0.467. The van der Waals surface area contributed by atoms with Crippen LogP contribution < -0.4 is 11.1 Å². The lowest BCUT2D eigenvalue weighted by atomic mass is 10.1. The number of oxime groups is 1. The molecule has 0 unspecified atom stereocenters. The number of alkyl carbamates (subject to hydrolysis) is 1. The summed E-state index contributed by atoms with van der Waals surface area (Å²) in [7, 11) is 0. The normalized spacial score (nSPS) is 12.0. The molecule has 1 amide bonds. The minimum Gasteiger partial charge on any atom is -0.444 e. The number of nitrogens with zero attached hydrogens (tertiary/aromatic N) is 1. The van der Waals surface area contributed by atoms with Gasteiger partial charge in [-0.1, -0.05) is 5.16 Å². The van der Waals surface area contributed by atoms with Crippen molar-refractivity contribution in [1.82, 2.24) is 5.32 Å². The molecule has 128 valence electrons. The summed E-state index contributed by atoms with van der Waals surface area (Å²) in [5, 5.41) is 5.80. The number of amidine groups is 1. The molecule has 0 aliphatic heterocycles. The maximum atomic E-state index is 14.0. The number of carbonyl (C=O) groups is 1. The molecule has 0 radical (unpaired) electrons. The predicted molar refractivity (Wildman–Crippen MR) is 81.8 cm³/mol. The number of hydrogen-bond donors (Lipinski definition) is 2. The van der Waals surface area contributed by atoms with Gasteiger partial charge in [-0.25, -0.2) is 13.6 Å². The molecule has 8 heteroatoms. The molecule has 0 atom stereocenters. The molecule has 0 aliphatic rings. The smallest absolute Gasteiger partial charge is 0.407 e. The van der Waals surface area contributed by atoms with E-state index in [9.17, 15) is 13.6 Å². The van der Waals surface area contributed by atoms with E-state index in [0.29, 0.717) is 0 Å². The number of ether oxygens (including phenoxy) is 1. The van der Waals surface area contributed by atoms with Crippen molar-refractivity contribution in [1.29, 1.82) is 0 Å². The summed E-state index contributed by atoms with van der Waals surface area (Å²) in [5.74, 6) is -1.85. The zero-order valence-electron chi connectivity index (χ0n) is 13.6. The third-order valence-electron chi connectivity index (χ3n) is 2.54. The number of amides is 1. The van der Waals surface area contributed by atoms with Crippen LogP contribution in [0.5, 0.6) is 0 Å². The first kappa shape index (κ1) is 18.7. The van der Waals surface area contributed by atoms with E-state index in [1.165, 1.54) is 0 Å². The second-order valence-electron chi connectivity index (χ2n) is 5.67. The molecular formula is C15H21F2N3O3. The van der Waals surface area contributed by atoms with Gasteiger partial charge in [-0.2, -0.15) is 0 Å². The number of benzene rings is 1. The average Bonchev–Trinajstić information content (AvgIpc) is 2.41. The van der Waals surface area contributed by atoms with Crippen LogP contribution in [0.2, 0.25) is 0 Å². The van der Waals surface area contributed by atoms with E-state index < -0.39 is 23.3 Å². The van der Waals surface area contributed by atoms with Crippen molar-refractivity contribution in [2.45, 2.75) is 39.8 Å². The highest BCUT2D eigenvalue weighted by Gasteiger charge is 2.18. The van der Waals surface area contributed by atoms with E-state index in [0.717, 1.165) is 12.1 Å². The predicted octanol–water partition coefficient (Wildman–Crippen LogP) is 2.65. The molecular weight excluding hydrogens is 308 g/mol. The average molecular weight is 329 g/mol. The van der Waals surface area contributed by atoms with E-state index in [4.69, 9.17) is 15.3 Å². The second kappa shape index (κ2) is 7.75. The minimum absolute atomic E-state index is 0.0504. The quantitative estimate of drug-likeness (QED) is 0.494. The number of nitrogens with one attached hydrogen (secondary N) is 1. The van der Waals surface area contributed by atoms with Gasteiger partial charge in [0.15, 0.2) is 5.84 Å². The second-order valence-corrected chi connectivity index (χ2v) is 5.67. The molecule has 0 bridgehead atoms. The molecule has 0 saturated carbocycles. The lowest BCUT2D eigenvalue weighted by molar-refractivity contribution is 0.0522. The first-order chi connectivity index (χ1) is 10.6. The number of carbonyl (C=O) groups excluding carboxylic acids is 1. The Hall–Kier alpha value is -2.38. The van der Waals surface area contributed by atoms with E-state index in [1.807, 2.05) is 0 Å². The van der Waals surface area contributed by atoms with E-state index in [1.54, 1.807) is 27.7 Å². The fourth-order valence-corrected chi connectivity index (χ4v) is 1.58. The van der Waals surface area contributed by atoms with Crippen LogP contribution >= 0.6 is 0 Å². The summed E-state index contributed by atoms with van der Waals surface area (Å²) in [6.07, 6.45) is -0.766. The highest BCUT2D eigenvalue weighted by atomic mass is 19.1. The summed E-state index contributed by atoms with van der Waals surface area (Å²) in [6, 6.07) is 2.04. The van der Waals surface area contributed by atoms with Gasteiger partial charge in [0.1, 0.15) is 23.8 Å². The maximum Gasteiger partial charge on any atom is 0.407 e. The zero-order valence-corrected chi connectivity index (χ0v) is 13.6. The lowest BCUT2D eigenvalue weighted by Gasteiger charge is -2.19. The van der Waals surface area contributed by atoms with Gasteiger partial charge in [0.2, 0.25) is 0 Å². The van der Waals surface area contributed by atoms with Crippen LogP contribution in [0.25, 0.3) is 0 Å². The molecule has 3 N–H and O–H groups in total. The minimum atomic E-state index is -0.856. The summed E-state index contributed by atoms with van der Waals surface area (Å²) in [5.41, 5.74) is 4.61. The molecule has 6 nitrogen and oxygen atoms in total. The molecule has 0 fully saturated rings. The van der Waals surface area contributed by atoms with Gasteiger partial charge in [-0.15, -0.1) is 0 Å². The summed E-state index contributed by atoms with van der Waals surface area (Å²) in [4.78, 5) is 16.2. The molecule has 0 aromatic heterocycles. The maximum absolute atomic E-state index is 14.0. The highest BCUT2D eigenvalue weighted by Crippen LogP contribution is 2.16. The fourth-order valence-electron chi connectivity index (χ4n) is 1.58. The van der Waals surface area contributed by atoms with Gasteiger partial charge in [-0.3, -0.25) is 0 Å². The van der Waals surface area contributed by atoms with Crippen molar-refractivity contribution in [3.05, 3.63) is 34.9 Å². The van der Waals surface area contributed by atoms with Crippen LogP contribution in [0.3, 0.4) is 0 Å².